The molecule has 0 saturated heterocycles. The Bertz CT molecular complexity index is 661. The Hall–Kier alpha value is -1.49. The molecule has 3 nitrogen and oxygen atoms in total. The molecule has 0 atom stereocenters. The van der Waals surface area contributed by atoms with Crippen molar-refractivity contribution in [1.82, 2.24) is 0 Å². The highest BCUT2D eigenvalue weighted by molar-refractivity contribution is 7.14. The summed E-state index contributed by atoms with van der Waals surface area (Å²) in [4.78, 5) is 14.2. The number of Topliss-reactive ketones (excluding diaryl/α,β-unsaturated/α-hetero) is 1. The monoisotopic (exact) mass is 346 g/mol. The summed E-state index contributed by atoms with van der Waals surface area (Å²) in [5.41, 5.74) is 3.92. The maximum Gasteiger partial charge on any atom is 0.172 e. The van der Waals surface area contributed by atoms with Crippen molar-refractivity contribution >= 4 is 17.1 Å². The van der Waals surface area contributed by atoms with Crippen LogP contribution in [0.4, 0.5) is 0 Å². The van der Waals surface area contributed by atoms with E-state index in [1.54, 1.807) is 0 Å². The first-order chi connectivity index (χ1) is 11.6. The standard InChI is InChI=1S/C20H26O3S/c1-15-7-8-17(13-16(15)2)5-3-6-19(22)20-10-9-18(24-20)14-23-12-4-11-21/h7-10,13,21H,3-6,11-12,14H2,1-2H3. The maximum atomic E-state index is 12.3. The molecule has 0 spiro atoms. The highest BCUT2D eigenvalue weighted by Gasteiger charge is 2.09. The molecule has 1 N–H and O–H groups in total. The van der Waals surface area contributed by atoms with Crippen LogP contribution in [-0.2, 0) is 17.8 Å². The second-order valence-electron chi connectivity index (χ2n) is 6.09. The van der Waals surface area contributed by atoms with Crippen LogP contribution in [0.5, 0.6) is 0 Å². The first-order valence-electron chi connectivity index (χ1n) is 8.47. The highest BCUT2D eigenvalue weighted by Crippen LogP contribution is 2.20. The van der Waals surface area contributed by atoms with E-state index in [1.165, 1.54) is 28.0 Å². The first-order valence-corrected chi connectivity index (χ1v) is 9.28. The van der Waals surface area contributed by atoms with Crippen molar-refractivity contribution in [3.8, 4) is 0 Å². The van der Waals surface area contributed by atoms with Crippen LogP contribution in [0.15, 0.2) is 30.3 Å². The van der Waals surface area contributed by atoms with Crippen molar-refractivity contribution < 1.29 is 14.6 Å². The lowest BCUT2D eigenvalue weighted by Gasteiger charge is -2.05. The molecule has 1 heterocycles. The van der Waals surface area contributed by atoms with E-state index in [9.17, 15) is 4.79 Å². The SMILES string of the molecule is Cc1ccc(CCCC(=O)c2ccc(COCCCO)s2)cc1C. The average Bonchev–Trinajstić information content (AvgIpc) is 3.04. The number of ether oxygens (including phenoxy) is 1. The number of ketones is 1. The normalized spacial score (nSPS) is 11.0. The van der Waals surface area contributed by atoms with Crippen LogP contribution in [0.3, 0.4) is 0 Å². The minimum Gasteiger partial charge on any atom is -0.396 e. The topological polar surface area (TPSA) is 46.5 Å². The molecule has 0 saturated carbocycles. The summed E-state index contributed by atoms with van der Waals surface area (Å²) in [6.07, 6.45) is 3.05. The van der Waals surface area contributed by atoms with E-state index in [2.05, 4.69) is 32.0 Å². The number of thiophene rings is 1. The van der Waals surface area contributed by atoms with Crippen molar-refractivity contribution in [2.45, 2.75) is 46.1 Å². The number of aliphatic hydroxyl groups excluding tert-OH is 1. The number of carbonyl (C=O) groups excluding carboxylic acids is 1. The molecular weight excluding hydrogens is 320 g/mol. The number of benzene rings is 1. The summed E-state index contributed by atoms with van der Waals surface area (Å²) in [5, 5.41) is 8.71. The van der Waals surface area contributed by atoms with Gasteiger partial charge in [-0.2, -0.15) is 0 Å². The van der Waals surface area contributed by atoms with Gasteiger partial charge in [0.2, 0.25) is 0 Å². The van der Waals surface area contributed by atoms with Gasteiger partial charge in [-0.1, -0.05) is 18.2 Å². The number of hydrogen-bond donors (Lipinski definition) is 1. The Morgan fingerprint density at radius 3 is 2.71 bits per heavy atom. The number of rotatable bonds is 10. The van der Waals surface area contributed by atoms with E-state index in [0.717, 1.165) is 22.6 Å². The van der Waals surface area contributed by atoms with Crippen molar-refractivity contribution in [1.29, 1.82) is 0 Å². The summed E-state index contributed by atoms with van der Waals surface area (Å²) in [5.74, 6) is 0.213. The Kier molecular flexibility index (Phi) is 7.63. The second kappa shape index (κ2) is 9.72. The molecule has 1 aromatic heterocycles. The van der Waals surface area contributed by atoms with E-state index in [1.807, 2.05) is 12.1 Å². The molecule has 0 bridgehead atoms. The van der Waals surface area contributed by atoms with Gasteiger partial charge in [0, 0.05) is 24.5 Å². The van der Waals surface area contributed by atoms with Gasteiger partial charge in [-0.05, 0) is 61.9 Å². The van der Waals surface area contributed by atoms with Gasteiger partial charge in [0.1, 0.15) is 0 Å². The number of aryl methyl sites for hydroxylation is 3. The summed E-state index contributed by atoms with van der Waals surface area (Å²) in [7, 11) is 0. The lowest BCUT2D eigenvalue weighted by atomic mass is 10.0. The Balaban J connectivity index is 1.76. The van der Waals surface area contributed by atoms with E-state index in [-0.39, 0.29) is 12.4 Å². The van der Waals surface area contributed by atoms with E-state index in [4.69, 9.17) is 9.84 Å². The van der Waals surface area contributed by atoms with Crippen LogP contribution in [0.1, 0.15) is 50.5 Å². The predicted molar refractivity (Wildman–Crippen MR) is 98.9 cm³/mol. The molecule has 130 valence electrons. The number of hydrogen-bond acceptors (Lipinski definition) is 4. The molecule has 0 radical (unpaired) electrons. The van der Waals surface area contributed by atoms with E-state index >= 15 is 0 Å². The smallest absolute Gasteiger partial charge is 0.172 e. The molecule has 0 unspecified atom stereocenters. The average molecular weight is 346 g/mol. The molecule has 0 aliphatic carbocycles. The summed E-state index contributed by atoms with van der Waals surface area (Å²) >= 11 is 1.51. The molecule has 0 aliphatic rings. The highest BCUT2D eigenvalue weighted by atomic mass is 32.1. The number of aliphatic hydroxyl groups is 1. The second-order valence-corrected chi connectivity index (χ2v) is 7.26. The van der Waals surface area contributed by atoms with Gasteiger partial charge >= 0.3 is 0 Å². The molecule has 0 fully saturated rings. The van der Waals surface area contributed by atoms with Crippen molar-refractivity contribution in [2.75, 3.05) is 13.2 Å². The van der Waals surface area contributed by atoms with Crippen LogP contribution >= 0.6 is 11.3 Å². The molecule has 2 aromatic rings. The summed E-state index contributed by atoms with van der Waals surface area (Å²) < 4.78 is 5.45. The van der Waals surface area contributed by atoms with Crippen molar-refractivity contribution in [2.24, 2.45) is 0 Å². The van der Waals surface area contributed by atoms with Crippen LogP contribution in [0.2, 0.25) is 0 Å². The fraction of sp³-hybridized carbons (Fsp3) is 0.450. The van der Waals surface area contributed by atoms with E-state index < -0.39 is 0 Å². The van der Waals surface area contributed by atoms with Gasteiger partial charge in [0.25, 0.3) is 0 Å². The van der Waals surface area contributed by atoms with Gasteiger partial charge in [-0.25, -0.2) is 0 Å². The van der Waals surface area contributed by atoms with E-state index in [0.29, 0.717) is 26.1 Å². The minimum atomic E-state index is 0.148. The first kappa shape index (κ1) is 18.8. The predicted octanol–water partition coefficient (Wildman–Crippen LogP) is 4.47. The number of carbonyl (C=O) groups is 1. The van der Waals surface area contributed by atoms with Crippen LogP contribution in [0, 0.1) is 13.8 Å². The largest absolute Gasteiger partial charge is 0.396 e. The third-order valence-electron chi connectivity index (χ3n) is 4.07. The molecule has 0 aliphatic heterocycles. The Morgan fingerprint density at radius 1 is 1.12 bits per heavy atom. The third-order valence-corrected chi connectivity index (χ3v) is 5.17. The quantitative estimate of drug-likeness (QED) is 0.510. The molecule has 2 rings (SSSR count). The Labute approximate surface area is 148 Å². The maximum absolute atomic E-state index is 12.3. The van der Waals surface area contributed by atoms with Gasteiger partial charge in [-0.3, -0.25) is 4.79 Å². The van der Waals surface area contributed by atoms with Gasteiger partial charge in [0.15, 0.2) is 5.78 Å². The lowest BCUT2D eigenvalue weighted by molar-refractivity contribution is 0.0984. The molecule has 1 aromatic carbocycles. The molecular formula is C20H26O3S. The zero-order valence-corrected chi connectivity index (χ0v) is 15.3. The lowest BCUT2D eigenvalue weighted by Crippen LogP contribution is -1.98. The van der Waals surface area contributed by atoms with Crippen LogP contribution < -0.4 is 0 Å². The molecule has 4 heteroatoms. The third kappa shape index (κ3) is 5.86. The van der Waals surface area contributed by atoms with Crippen molar-refractivity contribution in [3.63, 3.8) is 0 Å². The van der Waals surface area contributed by atoms with Gasteiger partial charge in [-0.15, -0.1) is 11.3 Å². The van der Waals surface area contributed by atoms with Gasteiger partial charge in [0.05, 0.1) is 11.5 Å². The zero-order valence-electron chi connectivity index (χ0n) is 14.5. The summed E-state index contributed by atoms with van der Waals surface area (Å²) in [6.45, 7) is 5.45. The van der Waals surface area contributed by atoms with Crippen LogP contribution in [-0.4, -0.2) is 24.1 Å². The molecule has 24 heavy (non-hydrogen) atoms. The fourth-order valence-electron chi connectivity index (χ4n) is 2.48. The van der Waals surface area contributed by atoms with Crippen molar-refractivity contribution in [3.05, 3.63) is 56.8 Å². The minimum absolute atomic E-state index is 0.148. The fourth-order valence-corrected chi connectivity index (χ4v) is 3.39. The zero-order chi connectivity index (χ0) is 17.4. The summed E-state index contributed by atoms with van der Waals surface area (Å²) in [6, 6.07) is 10.4. The molecule has 0 amide bonds. The van der Waals surface area contributed by atoms with Gasteiger partial charge < -0.3 is 9.84 Å². The Morgan fingerprint density at radius 2 is 1.96 bits per heavy atom. The van der Waals surface area contributed by atoms with Crippen LogP contribution in [0.25, 0.3) is 0 Å².